The molecule has 0 unspecified atom stereocenters. The Morgan fingerprint density at radius 2 is 1.24 bits per heavy atom. The third kappa shape index (κ3) is 5.99. The lowest BCUT2D eigenvalue weighted by Crippen LogP contribution is -1.84. The van der Waals surface area contributed by atoms with Crippen molar-refractivity contribution in [1.82, 2.24) is 0 Å². The topological polar surface area (TPSA) is 0 Å². The highest BCUT2D eigenvalue weighted by atomic mass is 14.0. The molecule has 114 valence electrons. The monoisotopic (exact) mass is 282 g/mol. The number of hydrogen-bond donors (Lipinski definition) is 0. The van der Waals surface area contributed by atoms with Crippen LogP contribution < -0.4 is 0 Å². The number of rotatable bonds is 2. The first-order valence-corrected chi connectivity index (χ1v) is 8.01. The van der Waals surface area contributed by atoms with Gasteiger partial charge in [-0.25, -0.2) is 0 Å². The zero-order valence-electron chi connectivity index (χ0n) is 14.7. The lowest BCUT2D eigenvalue weighted by atomic mass is 9.99. The summed E-state index contributed by atoms with van der Waals surface area (Å²) in [6, 6.07) is 15.3. The molecule has 0 saturated heterocycles. The van der Waals surface area contributed by atoms with E-state index in [9.17, 15) is 0 Å². The molecule has 0 atom stereocenters. The van der Waals surface area contributed by atoms with Gasteiger partial charge in [-0.05, 0) is 43.0 Å². The van der Waals surface area contributed by atoms with Crippen LogP contribution in [0, 0.1) is 13.8 Å². The van der Waals surface area contributed by atoms with Gasteiger partial charge >= 0.3 is 0 Å². The maximum atomic E-state index is 2.25. The van der Waals surface area contributed by atoms with Crippen molar-refractivity contribution in [3.63, 3.8) is 0 Å². The van der Waals surface area contributed by atoms with Gasteiger partial charge in [0.1, 0.15) is 0 Å². The fourth-order valence-electron chi connectivity index (χ4n) is 1.97. The molecule has 0 aliphatic rings. The van der Waals surface area contributed by atoms with Crippen molar-refractivity contribution in [1.29, 1.82) is 0 Å². The normalized spacial score (nSPS) is 9.48. The number of hydrogen-bond acceptors (Lipinski definition) is 0. The predicted octanol–water partition coefficient (Wildman–Crippen LogP) is 7.06. The second kappa shape index (κ2) is 10.9. The zero-order valence-corrected chi connectivity index (χ0v) is 14.7. The summed E-state index contributed by atoms with van der Waals surface area (Å²) < 4.78 is 0. The maximum absolute atomic E-state index is 2.25. The highest BCUT2D eigenvalue weighted by Crippen LogP contribution is 2.23. The van der Waals surface area contributed by atoms with Crippen molar-refractivity contribution >= 4 is 6.08 Å². The van der Waals surface area contributed by atoms with Crippen LogP contribution in [0.4, 0.5) is 0 Å². The van der Waals surface area contributed by atoms with Crippen LogP contribution in [0.25, 0.3) is 17.2 Å². The Hall–Kier alpha value is -1.82. The van der Waals surface area contributed by atoms with Gasteiger partial charge in [-0.1, -0.05) is 87.9 Å². The molecule has 2 aromatic carbocycles. The molecule has 0 spiro atoms. The summed E-state index contributed by atoms with van der Waals surface area (Å²) in [7, 11) is 0. The summed E-state index contributed by atoms with van der Waals surface area (Å²) in [6.45, 7) is 14.3. The molecular weight excluding hydrogens is 252 g/mol. The van der Waals surface area contributed by atoms with E-state index in [0.29, 0.717) is 0 Å². The fraction of sp³-hybridized carbons (Fsp3) is 0.333. The number of aryl methyl sites for hydroxylation is 2. The van der Waals surface area contributed by atoms with Gasteiger partial charge in [-0.15, -0.1) is 0 Å². The first-order chi connectivity index (χ1) is 10.2. The third-order valence-electron chi connectivity index (χ3n) is 3.00. The molecular formula is C21H30. The van der Waals surface area contributed by atoms with Gasteiger partial charge in [0, 0.05) is 0 Å². The van der Waals surface area contributed by atoms with Crippen molar-refractivity contribution in [3.05, 3.63) is 65.2 Å². The van der Waals surface area contributed by atoms with Crippen LogP contribution >= 0.6 is 0 Å². The van der Waals surface area contributed by atoms with Gasteiger partial charge in [0.15, 0.2) is 0 Å². The van der Waals surface area contributed by atoms with Crippen molar-refractivity contribution in [2.75, 3.05) is 0 Å². The Morgan fingerprint density at radius 3 is 1.71 bits per heavy atom. The first-order valence-electron chi connectivity index (χ1n) is 8.01. The van der Waals surface area contributed by atoms with Crippen molar-refractivity contribution < 1.29 is 0 Å². The van der Waals surface area contributed by atoms with Crippen molar-refractivity contribution in [2.24, 2.45) is 0 Å². The molecule has 2 rings (SSSR count). The van der Waals surface area contributed by atoms with E-state index in [4.69, 9.17) is 0 Å². The van der Waals surface area contributed by atoms with E-state index >= 15 is 0 Å². The van der Waals surface area contributed by atoms with Crippen LogP contribution in [-0.4, -0.2) is 0 Å². The van der Waals surface area contributed by atoms with E-state index < -0.39 is 0 Å². The van der Waals surface area contributed by atoms with Crippen LogP contribution in [0.1, 0.15) is 51.3 Å². The zero-order chi connectivity index (χ0) is 16.3. The molecule has 0 heteroatoms. The van der Waals surface area contributed by atoms with Gasteiger partial charge in [0.05, 0.1) is 0 Å². The molecule has 0 nitrogen and oxygen atoms in total. The van der Waals surface area contributed by atoms with E-state index in [0.717, 1.165) is 0 Å². The summed E-state index contributed by atoms with van der Waals surface area (Å²) in [6.07, 6.45) is 4.22. The molecule has 21 heavy (non-hydrogen) atoms. The van der Waals surface area contributed by atoms with Crippen LogP contribution in [0.2, 0.25) is 0 Å². The Kier molecular flexibility index (Phi) is 9.96. The smallest absolute Gasteiger partial charge is 0.0181 e. The average Bonchev–Trinajstić information content (AvgIpc) is 2.54. The van der Waals surface area contributed by atoms with Crippen molar-refractivity contribution in [3.8, 4) is 11.1 Å². The molecule has 0 amide bonds. The Labute approximate surface area is 131 Å². The Morgan fingerprint density at radius 1 is 0.714 bits per heavy atom. The fourth-order valence-corrected chi connectivity index (χ4v) is 1.97. The molecule has 0 N–H and O–H groups in total. The molecule has 0 heterocycles. The van der Waals surface area contributed by atoms with Gasteiger partial charge in [-0.3, -0.25) is 0 Å². The summed E-state index contributed by atoms with van der Waals surface area (Å²) in [5.41, 5.74) is 6.49. The van der Waals surface area contributed by atoms with Gasteiger partial charge in [-0.2, -0.15) is 0 Å². The minimum Gasteiger partial charge on any atom is -0.0871 e. The van der Waals surface area contributed by atoms with Gasteiger partial charge < -0.3 is 0 Å². The summed E-state index contributed by atoms with van der Waals surface area (Å²) in [4.78, 5) is 0. The van der Waals surface area contributed by atoms with E-state index in [2.05, 4.69) is 68.5 Å². The molecule has 0 aliphatic heterocycles. The van der Waals surface area contributed by atoms with Gasteiger partial charge in [0.25, 0.3) is 0 Å². The number of benzene rings is 2. The minimum atomic E-state index is 1.28. The highest BCUT2D eigenvalue weighted by molar-refractivity contribution is 5.67. The van der Waals surface area contributed by atoms with Crippen LogP contribution in [0.15, 0.2) is 48.5 Å². The minimum absolute atomic E-state index is 1.28. The van der Waals surface area contributed by atoms with E-state index in [-0.39, 0.29) is 0 Å². The second-order valence-electron chi connectivity index (χ2n) is 4.44. The lowest BCUT2D eigenvalue weighted by Gasteiger charge is -2.06. The quantitative estimate of drug-likeness (QED) is 0.553. The molecule has 0 radical (unpaired) electrons. The predicted molar refractivity (Wildman–Crippen MR) is 98.8 cm³/mol. The standard InChI is InChI=1S/C17H18.2C2H6/c1-4-5-15-10-11-17(12-14(15)3)16-8-6-13(2)7-9-16;2*1-2/h4-12H,1-3H3;2*1-2H3/b5-4-;;. The third-order valence-corrected chi connectivity index (χ3v) is 3.00. The summed E-state index contributed by atoms with van der Waals surface area (Å²) in [5, 5.41) is 0. The largest absolute Gasteiger partial charge is 0.0871 e. The average molecular weight is 282 g/mol. The molecule has 0 fully saturated rings. The first kappa shape index (κ1) is 19.2. The summed E-state index contributed by atoms with van der Waals surface area (Å²) in [5.74, 6) is 0. The van der Waals surface area contributed by atoms with E-state index in [1.54, 1.807) is 0 Å². The van der Waals surface area contributed by atoms with Crippen LogP contribution in [0.3, 0.4) is 0 Å². The highest BCUT2D eigenvalue weighted by Gasteiger charge is 2.00. The molecule has 2 aromatic rings. The number of allylic oxidation sites excluding steroid dienone is 1. The maximum Gasteiger partial charge on any atom is -0.0181 e. The van der Waals surface area contributed by atoms with Crippen LogP contribution in [-0.2, 0) is 0 Å². The summed E-state index contributed by atoms with van der Waals surface area (Å²) >= 11 is 0. The molecule has 0 aromatic heterocycles. The second-order valence-corrected chi connectivity index (χ2v) is 4.44. The Bertz CT molecular complexity index is 530. The van der Waals surface area contributed by atoms with E-state index in [1.807, 2.05) is 34.6 Å². The SMILES string of the molecule is C/C=C\c1ccc(-c2ccc(C)cc2)cc1C.CC.CC. The molecule has 0 aliphatic carbocycles. The lowest BCUT2D eigenvalue weighted by molar-refractivity contribution is 1.42. The van der Waals surface area contributed by atoms with E-state index in [1.165, 1.54) is 27.8 Å². The van der Waals surface area contributed by atoms with Crippen LogP contribution in [0.5, 0.6) is 0 Å². The Balaban J connectivity index is 0.000000921. The molecule has 0 bridgehead atoms. The molecule has 0 saturated carbocycles. The van der Waals surface area contributed by atoms with Crippen molar-refractivity contribution in [2.45, 2.75) is 48.5 Å². The van der Waals surface area contributed by atoms with Gasteiger partial charge in [0.2, 0.25) is 0 Å².